The number of Topliss-reactive ketones (excluding diaryl/α,β-unsaturated/α-hetero) is 1. The van der Waals surface area contributed by atoms with Crippen molar-refractivity contribution in [2.24, 2.45) is 39.5 Å². The monoisotopic (exact) mass is 446 g/mol. The number of aliphatic hydroxyl groups excluding tert-OH is 1. The van der Waals surface area contributed by atoms with Crippen molar-refractivity contribution in [3.8, 4) is 0 Å². The van der Waals surface area contributed by atoms with Crippen LogP contribution in [0.15, 0.2) is 16.1 Å². The summed E-state index contributed by atoms with van der Waals surface area (Å²) in [4.78, 5) is 17.5. The number of ether oxygens (including phenoxy) is 1. The van der Waals surface area contributed by atoms with Crippen LogP contribution in [0.25, 0.3) is 0 Å². The first-order chi connectivity index (χ1) is 15.3. The Morgan fingerprint density at radius 1 is 1.28 bits per heavy atom. The topological polar surface area (TPSA) is 94.5 Å². The van der Waals surface area contributed by atoms with Crippen LogP contribution < -0.4 is 5.32 Å². The second-order valence-electron chi connectivity index (χ2n) is 10.4. The summed E-state index contributed by atoms with van der Waals surface area (Å²) in [7, 11) is 1.72. The van der Waals surface area contributed by atoms with Gasteiger partial charge in [-0.05, 0) is 43.1 Å². The number of carbonyl (C=O) groups is 1. The van der Waals surface area contributed by atoms with Crippen molar-refractivity contribution in [1.29, 1.82) is 0 Å². The Kier molecular flexibility index (Phi) is 5.51. The minimum atomic E-state index is -0.944. The number of carbonyl (C=O) groups excluding carboxylic acids is 1. The van der Waals surface area contributed by atoms with Crippen molar-refractivity contribution >= 4 is 12.1 Å². The van der Waals surface area contributed by atoms with Gasteiger partial charge in [-0.3, -0.25) is 9.79 Å². The largest absolute Gasteiger partial charge is 0.392 e. The molecule has 6 aliphatic rings. The summed E-state index contributed by atoms with van der Waals surface area (Å²) in [5.74, 6) is 0.209. The number of nitrogens with one attached hydrogen (secondary N) is 1. The van der Waals surface area contributed by atoms with Gasteiger partial charge in [0.2, 0.25) is 0 Å². The highest BCUT2D eigenvalue weighted by Gasteiger charge is 3.12. The number of aliphatic imine (C=N–C) groups is 1. The molecule has 1 saturated heterocycles. The third-order valence-electron chi connectivity index (χ3n) is 9.54. The van der Waals surface area contributed by atoms with E-state index in [0.717, 1.165) is 18.4 Å². The number of nitrogens with zero attached hydrogens (tertiary/aromatic N) is 1. The highest BCUT2D eigenvalue weighted by atomic mass is 16.6. The third kappa shape index (κ3) is 2.18. The SMILES string of the molecule is CC.CC.CN=CNCC1=C(C)CC[C@@]23C4[C@H]5[C@H](O)C(C(C)C)C(=O)[C@@]6(O[C@H]6C[C@@]12O)[C@@]453. The Bertz CT molecular complexity index is 868. The van der Waals surface area contributed by atoms with E-state index in [1.807, 2.05) is 41.5 Å². The van der Waals surface area contributed by atoms with Crippen LogP contribution in [0.4, 0.5) is 0 Å². The number of epoxide rings is 1. The molecule has 0 bridgehead atoms. The predicted molar refractivity (Wildman–Crippen MR) is 125 cm³/mol. The summed E-state index contributed by atoms with van der Waals surface area (Å²) in [5, 5.41) is 26.4. The molecular formula is C26H42N2O4. The van der Waals surface area contributed by atoms with Gasteiger partial charge in [0.05, 0.1) is 24.1 Å². The summed E-state index contributed by atoms with van der Waals surface area (Å²) >= 11 is 0. The number of fused-ring (bicyclic) bond motifs is 1. The van der Waals surface area contributed by atoms with E-state index in [-0.39, 0.29) is 46.4 Å². The van der Waals surface area contributed by atoms with Gasteiger partial charge in [0.15, 0.2) is 11.4 Å². The quantitative estimate of drug-likeness (QED) is 0.267. The van der Waals surface area contributed by atoms with E-state index in [1.54, 1.807) is 13.4 Å². The molecular weight excluding hydrogens is 404 g/mol. The number of ketones is 1. The lowest BCUT2D eigenvalue weighted by atomic mass is 9.48. The molecule has 180 valence electrons. The molecule has 0 amide bonds. The van der Waals surface area contributed by atoms with Gasteiger partial charge >= 0.3 is 0 Å². The van der Waals surface area contributed by atoms with Crippen LogP contribution in [0.5, 0.6) is 0 Å². The first-order valence-electron chi connectivity index (χ1n) is 12.7. The van der Waals surface area contributed by atoms with Crippen molar-refractivity contribution in [2.75, 3.05) is 13.6 Å². The number of hydrogen-bond donors (Lipinski definition) is 3. The first-order valence-corrected chi connectivity index (χ1v) is 12.7. The maximum atomic E-state index is 13.5. The molecule has 3 spiro atoms. The Morgan fingerprint density at radius 2 is 1.94 bits per heavy atom. The summed E-state index contributed by atoms with van der Waals surface area (Å²) in [5.41, 5.74) is -0.00515. The lowest BCUT2D eigenvalue weighted by Gasteiger charge is -2.56. The van der Waals surface area contributed by atoms with Gasteiger partial charge in [-0.1, -0.05) is 47.1 Å². The van der Waals surface area contributed by atoms with Crippen molar-refractivity contribution in [2.45, 2.75) is 91.1 Å². The Hall–Kier alpha value is -1.24. The molecule has 32 heavy (non-hydrogen) atoms. The molecule has 1 aliphatic heterocycles. The van der Waals surface area contributed by atoms with E-state index in [4.69, 9.17) is 4.74 Å². The van der Waals surface area contributed by atoms with E-state index in [9.17, 15) is 15.0 Å². The van der Waals surface area contributed by atoms with Crippen LogP contribution in [-0.2, 0) is 9.53 Å². The first kappa shape index (κ1) is 23.9. The lowest BCUT2D eigenvalue weighted by Crippen LogP contribution is -2.66. The highest BCUT2D eigenvalue weighted by Crippen LogP contribution is 3.05. The zero-order chi connectivity index (χ0) is 23.9. The predicted octanol–water partition coefficient (Wildman–Crippen LogP) is 3.12. The summed E-state index contributed by atoms with van der Waals surface area (Å²) in [6, 6.07) is 0. The Morgan fingerprint density at radius 3 is 2.53 bits per heavy atom. The molecule has 0 radical (unpaired) electrons. The Balaban J connectivity index is 0.000000582. The fraction of sp³-hybridized carbons (Fsp3) is 0.846. The van der Waals surface area contributed by atoms with Crippen LogP contribution in [0.3, 0.4) is 0 Å². The summed E-state index contributed by atoms with van der Waals surface area (Å²) in [6.07, 6.45) is 3.20. The van der Waals surface area contributed by atoms with E-state index in [2.05, 4.69) is 17.2 Å². The normalized spacial score (nSPS) is 50.7. The molecule has 4 saturated carbocycles. The Labute approximate surface area is 192 Å². The molecule has 3 N–H and O–H groups in total. The lowest BCUT2D eigenvalue weighted by molar-refractivity contribution is -0.163. The van der Waals surface area contributed by atoms with Crippen molar-refractivity contribution in [1.82, 2.24) is 5.32 Å². The minimum Gasteiger partial charge on any atom is -0.392 e. The van der Waals surface area contributed by atoms with Crippen molar-refractivity contribution in [3.05, 3.63) is 11.1 Å². The van der Waals surface area contributed by atoms with E-state index in [1.165, 1.54) is 5.57 Å². The van der Waals surface area contributed by atoms with Crippen molar-refractivity contribution < 1.29 is 19.7 Å². The van der Waals surface area contributed by atoms with Crippen LogP contribution in [0.1, 0.15) is 67.7 Å². The number of rotatable bonds is 4. The van der Waals surface area contributed by atoms with E-state index in [0.29, 0.717) is 13.0 Å². The molecule has 9 atom stereocenters. The second kappa shape index (κ2) is 7.38. The van der Waals surface area contributed by atoms with Gasteiger partial charge in [-0.15, -0.1) is 0 Å². The molecule has 2 unspecified atom stereocenters. The average Bonchev–Trinajstić information content (AvgIpc) is 3.68. The summed E-state index contributed by atoms with van der Waals surface area (Å²) in [6.45, 7) is 14.7. The maximum Gasteiger partial charge on any atom is 0.173 e. The van der Waals surface area contributed by atoms with Gasteiger partial charge in [-0.2, -0.15) is 0 Å². The number of aliphatic hydroxyl groups is 2. The van der Waals surface area contributed by atoms with E-state index >= 15 is 0 Å². The fourth-order valence-electron chi connectivity index (χ4n) is 8.71. The van der Waals surface area contributed by atoms with Gasteiger partial charge in [0.25, 0.3) is 0 Å². The van der Waals surface area contributed by atoms with Crippen LogP contribution in [0.2, 0.25) is 0 Å². The van der Waals surface area contributed by atoms with Crippen LogP contribution in [0, 0.1) is 34.5 Å². The average molecular weight is 447 g/mol. The minimum absolute atomic E-state index is 0.109. The molecule has 0 aromatic heterocycles. The maximum absolute atomic E-state index is 13.5. The van der Waals surface area contributed by atoms with Crippen molar-refractivity contribution in [3.63, 3.8) is 0 Å². The molecule has 0 aromatic carbocycles. The zero-order valence-corrected chi connectivity index (χ0v) is 21.0. The van der Waals surface area contributed by atoms with Crippen LogP contribution in [-0.4, -0.2) is 59.3 Å². The molecule has 6 nitrogen and oxygen atoms in total. The molecule has 0 aromatic rings. The van der Waals surface area contributed by atoms with Gasteiger partial charge in [-0.25, -0.2) is 0 Å². The zero-order valence-electron chi connectivity index (χ0n) is 21.0. The molecule has 5 aliphatic carbocycles. The number of hydrogen-bond acceptors (Lipinski definition) is 5. The molecule has 1 heterocycles. The molecule has 5 fully saturated rings. The molecule has 6 heteroatoms. The van der Waals surface area contributed by atoms with Gasteiger partial charge in [0, 0.05) is 36.8 Å². The van der Waals surface area contributed by atoms with Gasteiger partial charge < -0.3 is 20.3 Å². The number of allylic oxidation sites excluding steroid dienone is 1. The van der Waals surface area contributed by atoms with Crippen LogP contribution >= 0.6 is 0 Å². The fourth-order valence-corrected chi connectivity index (χ4v) is 8.71. The second-order valence-corrected chi connectivity index (χ2v) is 10.4. The summed E-state index contributed by atoms with van der Waals surface area (Å²) < 4.78 is 6.25. The highest BCUT2D eigenvalue weighted by molar-refractivity contribution is 5.99. The smallest absolute Gasteiger partial charge is 0.173 e. The van der Waals surface area contributed by atoms with Gasteiger partial charge in [0.1, 0.15) is 0 Å². The third-order valence-corrected chi connectivity index (χ3v) is 9.54. The van der Waals surface area contributed by atoms with E-state index < -0.39 is 17.3 Å². The molecule has 6 rings (SSSR count). The standard InChI is InChI=1S/C22H30N2O4.2C2H6/c1-10(2)14-16(25)15-17-19-6-5-11(3)12(8-24-9-23-4)20(19,27)7-13-22(28-13,18(14)26)21(15,17)19;2*1-2/h9-10,13-17,25,27H,5-8H2,1-4H3,(H,23,24);2*1-2H3/t13-,14?,15+,16+,17?,19+,20+,21+,22+;;/m0../s1.